The maximum atomic E-state index is 13.5. The third-order valence-electron chi connectivity index (χ3n) is 7.08. The van der Waals surface area contributed by atoms with Crippen molar-refractivity contribution in [1.29, 1.82) is 0 Å². The third-order valence-corrected chi connectivity index (χ3v) is 8.95. The number of hydrogen-bond acceptors (Lipinski definition) is 4. The van der Waals surface area contributed by atoms with E-state index in [9.17, 15) is 19.0 Å². The molecular weight excluding hydrogens is 535 g/mol. The van der Waals surface area contributed by atoms with E-state index in [1.807, 2.05) is 68.4 Å². The second kappa shape index (κ2) is 15.6. The van der Waals surface area contributed by atoms with Crippen LogP contribution in [0.2, 0.25) is 0 Å². The zero-order valence-electron chi connectivity index (χ0n) is 24.5. The van der Waals surface area contributed by atoms with Crippen molar-refractivity contribution < 1.29 is 23.8 Å². The van der Waals surface area contributed by atoms with Gasteiger partial charge in [-0.15, -0.1) is 0 Å². The smallest absolute Gasteiger partial charge is 0.242 e. The van der Waals surface area contributed by atoms with Crippen molar-refractivity contribution >= 4 is 19.2 Å². The first kappa shape index (κ1) is 32.1. The summed E-state index contributed by atoms with van der Waals surface area (Å²) in [6.45, 7) is 3.96. The Morgan fingerprint density at radius 1 is 0.854 bits per heavy atom. The fourth-order valence-electron chi connectivity index (χ4n) is 5.01. The van der Waals surface area contributed by atoms with E-state index in [-0.39, 0.29) is 36.5 Å². The monoisotopic (exact) mass is 578 g/mol. The van der Waals surface area contributed by atoms with Gasteiger partial charge < -0.3 is 20.3 Å². The van der Waals surface area contributed by atoms with Gasteiger partial charge >= 0.3 is 0 Å². The van der Waals surface area contributed by atoms with Gasteiger partial charge in [0, 0.05) is 31.7 Å². The summed E-state index contributed by atoms with van der Waals surface area (Å²) in [7, 11) is -0.594. The summed E-state index contributed by atoms with van der Waals surface area (Å²) in [4.78, 5) is 37.2. The number of carbonyl (C=O) groups is 2. The Morgan fingerprint density at radius 2 is 1.49 bits per heavy atom. The average Bonchev–Trinajstić information content (AvgIpc) is 2.95. The molecule has 7 nitrogen and oxygen atoms in total. The highest BCUT2D eigenvalue weighted by Crippen LogP contribution is 2.47. The Balaban J connectivity index is 1.68. The van der Waals surface area contributed by atoms with Gasteiger partial charge in [0.15, 0.2) is 0 Å². The molecule has 0 aromatic heterocycles. The van der Waals surface area contributed by atoms with Crippen LogP contribution in [-0.2, 0) is 39.6 Å². The molecule has 3 rings (SSSR count). The van der Waals surface area contributed by atoms with E-state index in [2.05, 4.69) is 22.8 Å². The zero-order valence-corrected chi connectivity index (χ0v) is 25.4. The number of carbonyl (C=O) groups excluding carboxylic acids is 2. The molecule has 0 aliphatic carbocycles. The summed E-state index contributed by atoms with van der Waals surface area (Å²) in [5.41, 5.74) is 4.00. The molecule has 0 heterocycles. The van der Waals surface area contributed by atoms with E-state index in [1.54, 1.807) is 19.2 Å². The van der Waals surface area contributed by atoms with Crippen molar-refractivity contribution in [3.05, 3.63) is 101 Å². The minimum absolute atomic E-state index is 0.00122. The molecule has 0 radical (unpaired) electrons. The maximum Gasteiger partial charge on any atom is 0.242 e. The molecule has 0 aliphatic rings. The molecule has 3 aromatic carbocycles. The lowest BCUT2D eigenvalue weighted by molar-refractivity contribution is -0.130. The summed E-state index contributed by atoms with van der Waals surface area (Å²) in [5, 5.41) is 5.48. The predicted molar refractivity (Wildman–Crippen MR) is 164 cm³/mol. The lowest BCUT2D eigenvalue weighted by Gasteiger charge is -2.25. The van der Waals surface area contributed by atoms with Crippen LogP contribution in [0.15, 0.2) is 78.9 Å². The Labute approximate surface area is 244 Å². The number of hydrogen-bond donors (Lipinski definition) is 3. The van der Waals surface area contributed by atoms with Crippen LogP contribution < -0.4 is 15.4 Å². The van der Waals surface area contributed by atoms with E-state index in [1.165, 1.54) is 12.6 Å². The quantitative estimate of drug-likeness (QED) is 0.210. The summed E-state index contributed by atoms with van der Waals surface area (Å²) in [6.07, 6.45) is 2.31. The van der Waals surface area contributed by atoms with E-state index in [0.717, 1.165) is 29.5 Å². The van der Waals surface area contributed by atoms with Crippen LogP contribution in [0.5, 0.6) is 5.75 Å². The van der Waals surface area contributed by atoms with Crippen LogP contribution in [0, 0.1) is 11.8 Å². The van der Waals surface area contributed by atoms with Crippen LogP contribution >= 0.6 is 7.37 Å². The van der Waals surface area contributed by atoms with E-state index >= 15 is 0 Å². The highest BCUT2D eigenvalue weighted by Gasteiger charge is 2.32. The molecule has 0 saturated heterocycles. The largest absolute Gasteiger partial charge is 0.497 e. The summed E-state index contributed by atoms with van der Waals surface area (Å²) in [6, 6.07) is 24.5. The zero-order chi connectivity index (χ0) is 29.8. The molecule has 3 N–H and O–H groups in total. The number of likely N-dealkylation sites (N-methyl/N-ethyl adjacent to an activating group) is 1. The van der Waals surface area contributed by atoms with Crippen molar-refractivity contribution in [3.63, 3.8) is 0 Å². The highest BCUT2D eigenvalue weighted by molar-refractivity contribution is 7.57. The third kappa shape index (κ3) is 10.8. The fraction of sp³-hybridized carbons (Fsp3) is 0.394. The molecule has 2 amide bonds. The lowest BCUT2D eigenvalue weighted by Crippen LogP contribution is -2.49. The molecule has 41 heavy (non-hydrogen) atoms. The van der Waals surface area contributed by atoms with Gasteiger partial charge in [-0.3, -0.25) is 14.2 Å². The molecule has 0 fully saturated rings. The highest BCUT2D eigenvalue weighted by atomic mass is 31.2. The summed E-state index contributed by atoms with van der Waals surface area (Å²) in [5.74, 6) is -0.572. The van der Waals surface area contributed by atoms with Gasteiger partial charge in [0.1, 0.15) is 11.8 Å². The van der Waals surface area contributed by atoms with Crippen molar-refractivity contribution in [3.8, 4) is 5.75 Å². The predicted octanol–water partition coefficient (Wildman–Crippen LogP) is 5.39. The van der Waals surface area contributed by atoms with Crippen LogP contribution in [0.3, 0.4) is 0 Å². The maximum absolute atomic E-state index is 13.5. The van der Waals surface area contributed by atoms with Crippen LogP contribution in [0.1, 0.15) is 42.5 Å². The summed E-state index contributed by atoms with van der Waals surface area (Å²) < 4.78 is 18.7. The van der Waals surface area contributed by atoms with Gasteiger partial charge in [-0.25, -0.2) is 0 Å². The second-order valence-corrected chi connectivity index (χ2v) is 13.4. The van der Waals surface area contributed by atoms with Gasteiger partial charge in [-0.1, -0.05) is 80.6 Å². The Morgan fingerprint density at radius 3 is 2.12 bits per heavy atom. The molecule has 0 saturated carbocycles. The molecule has 3 aromatic rings. The standard InChI is InChI=1S/C33H43N2O5P/c1-24(2)19-29(32(36)35-31(33(37)34-3)21-27-15-17-30(40-4)18-16-27)23-41(38,39)22-28-12-8-11-26(20-28)14-13-25-9-6-5-7-10-25/h5-12,15-18,20,24,29,31H,13-14,19,21-23H2,1-4H3,(H,34,37)(H,35,36)(H,38,39)/t29?,31-/m1/s1. The van der Waals surface area contributed by atoms with Crippen LogP contribution in [-0.4, -0.2) is 43.1 Å². The first-order chi connectivity index (χ1) is 19.6. The minimum Gasteiger partial charge on any atom is -0.497 e. The topological polar surface area (TPSA) is 105 Å². The van der Waals surface area contributed by atoms with E-state index in [4.69, 9.17) is 4.74 Å². The lowest BCUT2D eigenvalue weighted by atomic mass is 9.97. The van der Waals surface area contributed by atoms with E-state index in [0.29, 0.717) is 12.2 Å². The number of nitrogens with one attached hydrogen (secondary N) is 2. The van der Waals surface area contributed by atoms with Crippen LogP contribution in [0.4, 0.5) is 0 Å². The number of methoxy groups -OCH3 is 1. The molecule has 8 heteroatoms. The van der Waals surface area contributed by atoms with Crippen molar-refractivity contribution in [2.75, 3.05) is 20.3 Å². The number of amides is 2. The Bertz CT molecular complexity index is 1310. The summed E-state index contributed by atoms with van der Waals surface area (Å²) >= 11 is 0. The minimum atomic E-state index is -3.70. The normalized spacial score (nSPS) is 14.1. The second-order valence-electron chi connectivity index (χ2n) is 11.0. The fourth-order valence-corrected chi connectivity index (χ4v) is 6.91. The average molecular weight is 579 g/mol. The van der Waals surface area contributed by atoms with E-state index < -0.39 is 19.3 Å². The van der Waals surface area contributed by atoms with Crippen molar-refractivity contribution in [2.45, 2.75) is 51.7 Å². The van der Waals surface area contributed by atoms with Gasteiger partial charge in [0.25, 0.3) is 0 Å². The number of rotatable bonds is 15. The number of benzene rings is 3. The first-order valence-electron chi connectivity index (χ1n) is 14.2. The van der Waals surface area contributed by atoms with Gasteiger partial charge in [0.2, 0.25) is 19.2 Å². The molecule has 0 aliphatic heterocycles. The Hall–Kier alpha value is -3.41. The van der Waals surface area contributed by atoms with Gasteiger partial charge in [-0.05, 0) is 59.6 Å². The number of ether oxygens (including phenoxy) is 1. The molecular formula is C33H43N2O5P. The van der Waals surface area contributed by atoms with Gasteiger partial charge in [-0.2, -0.15) is 0 Å². The molecule has 3 atom stereocenters. The Kier molecular flexibility index (Phi) is 12.2. The molecule has 0 bridgehead atoms. The first-order valence-corrected chi connectivity index (χ1v) is 16.2. The van der Waals surface area contributed by atoms with Crippen molar-refractivity contribution in [2.24, 2.45) is 11.8 Å². The van der Waals surface area contributed by atoms with Crippen molar-refractivity contribution in [1.82, 2.24) is 10.6 Å². The van der Waals surface area contributed by atoms with Gasteiger partial charge in [0.05, 0.1) is 7.11 Å². The molecule has 220 valence electrons. The van der Waals surface area contributed by atoms with Crippen LogP contribution in [0.25, 0.3) is 0 Å². The SMILES string of the molecule is CNC(=O)[C@@H](Cc1ccc(OC)cc1)NC(=O)C(CC(C)C)CP(=O)(O)Cc1cccc(CCc2ccccc2)c1. The molecule has 2 unspecified atom stereocenters. The number of aryl methyl sites for hydroxylation is 2. The molecule has 0 spiro atoms.